The molecule has 3 nitrogen and oxygen atoms in total. The summed E-state index contributed by atoms with van der Waals surface area (Å²) in [4.78, 5) is 13.3. The molecule has 19 heavy (non-hydrogen) atoms. The molecule has 0 aromatic carbocycles. The van der Waals surface area contributed by atoms with Crippen molar-refractivity contribution in [2.24, 2.45) is 5.92 Å². The summed E-state index contributed by atoms with van der Waals surface area (Å²) in [5.41, 5.74) is -0.251. The van der Waals surface area contributed by atoms with Crippen molar-refractivity contribution in [2.75, 3.05) is 13.1 Å². The maximum Gasteiger partial charge on any atom is 0.220 e. The Kier molecular flexibility index (Phi) is 4.99. The lowest BCUT2D eigenvalue weighted by Gasteiger charge is -2.26. The molecule has 2 heterocycles. The van der Waals surface area contributed by atoms with E-state index < -0.39 is 0 Å². The van der Waals surface area contributed by atoms with Crippen LogP contribution < -0.4 is 10.6 Å². The molecule has 2 rings (SSSR count). The Balaban J connectivity index is 1.77. The van der Waals surface area contributed by atoms with Crippen LogP contribution in [-0.4, -0.2) is 19.0 Å². The van der Waals surface area contributed by atoms with Crippen LogP contribution in [0.2, 0.25) is 0 Å². The third-order valence-electron chi connectivity index (χ3n) is 3.83. The first-order valence-corrected chi connectivity index (χ1v) is 8.01. The highest BCUT2D eigenvalue weighted by Crippen LogP contribution is 2.25. The number of nitrogens with one attached hydrogen (secondary N) is 2. The van der Waals surface area contributed by atoms with Crippen molar-refractivity contribution < 1.29 is 4.79 Å². The lowest BCUT2D eigenvalue weighted by molar-refractivity contribution is -0.123. The van der Waals surface area contributed by atoms with Crippen molar-refractivity contribution in [3.8, 4) is 0 Å². The number of piperidine rings is 1. The van der Waals surface area contributed by atoms with E-state index in [9.17, 15) is 4.79 Å². The Morgan fingerprint density at radius 1 is 1.47 bits per heavy atom. The summed E-state index contributed by atoms with van der Waals surface area (Å²) in [7, 11) is 0. The van der Waals surface area contributed by atoms with Gasteiger partial charge >= 0.3 is 0 Å². The van der Waals surface area contributed by atoms with Crippen LogP contribution in [0, 0.1) is 5.92 Å². The van der Waals surface area contributed by atoms with Crippen molar-refractivity contribution in [1.29, 1.82) is 0 Å². The zero-order valence-electron chi connectivity index (χ0n) is 11.9. The molecule has 0 saturated carbocycles. The van der Waals surface area contributed by atoms with Gasteiger partial charge in [-0.25, -0.2) is 0 Å². The molecule has 1 saturated heterocycles. The van der Waals surface area contributed by atoms with E-state index in [-0.39, 0.29) is 11.4 Å². The average Bonchev–Trinajstić information content (AvgIpc) is 2.92. The highest BCUT2D eigenvalue weighted by Gasteiger charge is 2.24. The second kappa shape index (κ2) is 6.53. The maximum absolute atomic E-state index is 12.1. The number of amides is 1. The van der Waals surface area contributed by atoms with Crippen LogP contribution in [0.3, 0.4) is 0 Å². The molecule has 4 heteroatoms. The van der Waals surface area contributed by atoms with Crippen LogP contribution in [-0.2, 0) is 10.3 Å². The Morgan fingerprint density at radius 2 is 2.21 bits per heavy atom. The molecule has 1 amide bonds. The van der Waals surface area contributed by atoms with Gasteiger partial charge in [-0.15, -0.1) is 11.3 Å². The van der Waals surface area contributed by atoms with Gasteiger partial charge in [-0.1, -0.05) is 6.07 Å². The van der Waals surface area contributed by atoms with Gasteiger partial charge in [0.1, 0.15) is 0 Å². The van der Waals surface area contributed by atoms with Crippen molar-refractivity contribution >= 4 is 17.2 Å². The van der Waals surface area contributed by atoms with Gasteiger partial charge in [-0.2, -0.15) is 0 Å². The lowest BCUT2D eigenvalue weighted by Crippen LogP contribution is -2.40. The zero-order valence-corrected chi connectivity index (χ0v) is 12.7. The predicted molar refractivity (Wildman–Crippen MR) is 80.3 cm³/mol. The van der Waals surface area contributed by atoms with E-state index in [1.54, 1.807) is 11.3 Å². The summed E-state index contributed by atoms with van der Waals surface area (Å²) in [6.07, 6.45) is 4.09. The van der Waals surface area contributed by atoms with Gasteiger partial charge in [0.25, 0.3) is 0 Å². The van der Waals surface area contributed by atoms with Crippen LogP contribution >= 0.6 is 11.3 Å². The first kappa shape index (κ1) is 14.5. The van der Waals surface area contributed by atoms with E-state index in [1.165, 1.54) is 17.7 Å². The molecule has 1 aliphatic heterocycles. The second-order valence-electron chi connectivity index (χ2n) is 5.88. The average molecular weight is 280 g/mol. The van der Waals surface area contributed by atoms with E-state index in [0.717, 1.165) is 25.4 Å². The molecule has 1 aliphatic rings. The van der Waals surface area contributed by atoms with Crippen molar-refractivity contribution in [3.05, 3.63) is 22.4 Å². The minimum atomic E-state index is -0.251. The highest BCUT2D eigenvalue weighted by atomic mass is 32.1. The number of rotatable bonds is 5. The standard InChI is InChI=1S/C15H24N2OS/c1-15(2,13-4-3-11-19-13)17-14(18)6-5-12-7-9-16-10-8-12/h3-4,11-12,16H,5-10H2,1-2H3,(H,17,18). The van der Waals surface area contributed by atoms with Crippen molar-refractivity contribution in [2.45, 2.75) is 45.1 Å². The first-order chi connectivity index (χ1) is 9.08. The molecule has 2 N–H and O–H groups in total. The fourth-order valence-electron chi connectivity index (χ4n) is 2.61. The van der Waals surface area contributed by atoms with Crippen LogP contribution in [0.4, 0.5) is 0 Å². The SMILES string of the molecule is CC(C)(NC(=O)CCC1CCNCC1)c1cccs1. The van der Waals surface area contributed by atoms with E-state index in [0.29, 0.717) is 6.42 Å². The topological polar surface area (TPSA) is 41.1 Å². The summed E-state index contributed by atoms with van der Waals surface area (Å²) in [5, 5.41) is 8.57. The molecule has 0 atom stereocenters. The largest absolute Gasteiger partial charge is 0.346 e. The van der Waals surface area contributed by atoms with Gasteiger partial charge in [0.05, 0.1) is 5.54 Å². The van der Waals surface area contributed by atoms with Gasteiger partial charge < -0.3 is 10.6 Å². The molecular formula is C15H24N2OS. The van der Waals surface area contributed by atoms with Gasteiger partial charge in [0.15, 0.2) is 0 Å². The first-order valence-electron chi connectivity index (χ1n) is 7.13. The smallest absolute Gasteiger partial charge is 0.220 e. The van der Waals surface area contributed by atoms with Crippen molar-refractivity contribution in [3.63, 3.8) is 0 Å². The number of carbonyl (C=O) groups excluding carboxylic acids is 1. The minimum Gasteiger partial charge on any atom is -0.346 e. The zero-order chi connectivity index (χ0) is 13.7. The molecule has 1 aromatic rings. The molecule has 0 bridgehead atoms. The molecule has 0 spiro atoms. The normalized spacial score (nSPS) is 17.4. The van der Waals surface area contributed by atoms with Crippen LogP contribution in [0.25, 0.3) is 0 Å². The van der Waals surface area contributed by atoms with E-state index >= 15 is 0 Å². The van der Waals surface area contributed by atoms with Gasteiger partial charge in [-0.3, -0.25) is 4.79 Å². The third kappa shape index (κ3) is 4.32. The third-order valence-corrected chi connectivity index (χ3v) is 5.02. The molecule has 1 fully saturated rings. The lowest BCUT2D eigenvalue weighted by atomic mass is 9.93. The second-order valence-corrected chi connectivity index (χ2v) is 6.83. The molecule has 0 radical (unpaired) electrons. The van der Waals surface area contributed by atoms with Crippen molar-refractivity contribution in [1.82, 2.24) is 10.6 Å². The monoisotopic (exact) mass is 280 g/mol. The Hall–Kier alpha value is -0.870. The Labute approximate surface area is 119 Å². The molecule has 0 aliphatic carbocycles. The fraction of sp³-hybridized carbons (Fsp3) is 0.667. The number of thiophene rings is 1. The number of carbonyl (C=O) groups is 1. The number of hydrogen-bond acceptors (Lipinski definition) is 3. The van der Waals surface area contributed by atoms with Gasteiger partial charge in [0, 0.05) is 11.3 Å². The highest BCUT2D eigenvalue weighted by molar-refractivity contribution is 7.10. The van der Waals surface area contributed by atoms with Gasteiger partial charge in [0.2, 0.25) is 5.91 Å². The summed E-state index contributed by atoms with van der Waals surface area (Å²) in [6.45, 7) is 6.35. The van der Waals surface area contributed by atoms with Crippen LogP contribution in [0.5, 0.6) is 0 Å². The summed E-state index contributed by atoms with van der Waals surface area (Å²) in [5.74, 6) is 0.897. The quantitative estimate of drug-likeness (QED) is 0.871. The fourth-order valence-corrected chi connectivity index (χ4v) is 3.42. The van der Waals surface area contributed by atoms with E-state index in [4.69, 9.17) is 0 Å². The predicted octanol–water partition coefficient (Wildman–Crippen LogP) is 2.88. The van der Waals surface area contributed by atoms with Gasteiger partial charge in [-0.05, 0) is 63.6 Å². The molecule has 106 valence electrons. The van der Waals surface area contributed by atoms with E-state index in [1.807, 2.05) is 6.07 Å². The van der Waals surface area contributed by atoms with E-state index in [2.05, 4.69) is 35.9 Å². The molecule has 1 aromatic heterocycles. The summed E-state index contributed by atoms with van der Waals surface area (Å²) < 4.78 is 0. The van der Waals surface area contributed by atoms with Crippen LogP contribution in [0.1, 0.15) is 44.4 Å². The molecule has 0 unspecified atom stereocenters. The summed E-state index contributed by atoms with van der Waals surface area (Å²) >= 11 is 1.70. The minimum absolute atomic E-state index is 0.178. The summed E-state index contributed by atoms with van der Waals surface area (Å²) in [6, 6.07) is 4.11. The maximum atomic E-state index is 12.1. The Morgan fingerprint density at radius 3 is 2.84 bits per heavy atom. The molecular weight excluding hydrogens is 256 g/mol. The van der Waals surface area contributed by atoms with Crippen LogP contribution in [0.15, 0.2) is 17.5 Å². The number of hydrogen-bond donors (Lipinski definition) is 2. The Bertz CT molecular complexity index is 394.